The van der Waals surface area contributed by atoms with Gasteiger partial charge >= 0.3 is 0 Å². The van der Waals surface area contributed by atoms with Gasteiger partial charge in [-0.05, 0) is 30.5 Å². The van der Waals surface area contributed by atoms with Crippen LogP contribution in [0.15, 0.2) is 24.3 Å². The summed E-state index contributed by atoms with van der Waals surface area (Å²) in [5, 5.41) is 1.36. The fraction of sp³-hybridized carbons (Fsp3) is 0.467. The molecule has 3 rings (SSSR count). The molecule has 1 unspecified atom stereocenters. The van der Waals surface area contributed by atoms with E-state index in [9.17, 15) is 0 Å². The molecule has 1 aromatic carbocycles. The lowest BCUT2D eigenvalue weighted by atomic mass is 10.1. The van der Waals surface area contributed by atoms with Gasteiger partial charge in [-0.2, -0.15) is 0 Å². The van der Waals surface area contributed by atoms with Gasteiger partial charge in [-0.1, -0.05) is 18.2 Å². The molecule has 0 aliphatic carbocycles. The first-order chi connectivity index (χ1) is 9.29. The van der Waals surface area contributed by atoms with Gasteiger partial charge < -0.3 is 10.5 Å². The summed E-state index contributed by atoms with van der Waals surface area (Å²) >= 11 is 1.83. The van der Waals surface area contributed by atoms with E-state index >= 15 is 0 Å². The van der Waals surface area contributed by atoms with Crippen LogP contribution in [0.3, 0.4) is 0 Å². The van der Waals surface area contributed by atoms with Gasteiger partial charge in [-0.3, -0.25) is 4.90 Å². The Bertz CT molecular complexity index is 560. The molecule has 0 radical (unpaired) electrons. The fourth-order valence-corrected chi connectivity index (χ4v) is 3.83. The molecule has 0 spiro atoms. The Hall–Kier alpha value is -0.940. The summed E-state index contributed by atoms with van der Waals surface area (Å²) in [5.41, 5.74) is 7.31. The molecule has 1 aromatic heterocycles. The Morgan fingerprint density at radius 1 is 1.42 bits per heavy atom. The number of fused-ring (bicyclic) bond motifs is 1. The standard InChI is InChI=1S/C15H20N2OS/c1-17(11-6-7-18-10-11)9-13-12-4-2-3-5-14(12)19-15(13)8-16/h2-5,11H,6-10,16H2,1H3. The molecule has 1 fully saturated rings. The van der Waals surface area contributed by atoms with Crippen LogP contribution in [0.4, 0.5) is 0 Å². The van der Waals surface area contributed by atoms with E-state index in [-0.39, 0.29) is 0 Å². The Balaban J connectivity index is 1.90. The van der Waals surface area contributed by atoms with Crippen LogP contribution in [0.25, 0.3) is 10.1 Å². The first-order valence-electron chi connectivity index (χ1n) is 6.77. The van der Waals surface area contributed by atoms with Gasteiger partial charge in [0.25, 0.3) is 0 Å². The summed E-state index contributed by atoms with van der Waals surface area (Å²) in [4.78, 5) is 3.72. The van der Waals surface area contributed by atoms with Crippen molar-refractivity contribution >= 4 is 21.4 Å². The van der Waals surface area contributed by atoms with Crippen LogP contribution in [0.2, 0.25) is 0 Å². The highest BCUT2D eigenvalue weighted by atomic mass is 32.1. The molecule has 2 aromatic rings. The van der Waals surface area contributed by atoms with E-state index in [0.29, 0.717) is 12.6 Å². The van der Waals surface area contributed by atoms with E-state index in [1.54, 1.807) is 0 Å². The number of benzene rings is 1. The van der Waals surface area contributed by atoms with E-state index in [0.717, 1.165) is 26.2 Å². The van der Waals surface area contributed by atoms with Crippen LogP contribution in [0.1, 0.15) is 16.9 Å². The highest BCUT2D eigenvalue weighted by molar-refractivity contribution is 7.19. The predicted molar refractivity (Wildman–Crippen MR) is 80.4 cm³/mol. The summed E-state index contributed by atoms with van der Waals surface area (Å²) in [6.45, 7) is 3.34. The third-order valence-electron chi connectivity index (χ3n) is 3.90. The SMILES string of the molecule is CN(Cc1c(CN)sc2ccccc12)C1CCOC1. The monoisotopic (exact) mass is 276 g/mol. The largest absolute Gasteiger partial charge is 0.380 e. The zero-order valence-electron chi connectivity index (χ0n) is 11.3. The van der Waals surface area contributed by atoms with Gasteiger partial charge in [0.1, 0.15) is 0 Å². The van der Waals surface area contributed by atoms with E-state index in [1.807, 2.05) is 11.3 Å². The van der Waals surface area contributed by atoms with Crippen molar-refractivity contribution in [2.24, 2.45) is 5.73 Å². The van der Waals surface area contributed by atoms with Crippen LogP contribution in [0.5, 0.6) is 0 Å². The zero-order valence-corrected chi connectivity index (χ0v) is 12.1. The molecule has 1 atom stereocenters. The van der Waals surface area contributed by atoms with Gasteiger partial charge in [-0.25, -0.2) is 0 Å². The average Bonchev–Trinajstić information content (AvgIpc) is 3.06. The third-order valence-corrected chi connectivity index (χ3v) is 5.14. The fourth-order valence-electron chi connectivity index (χ4n) is 2.74. The second kappa shape index (κ2) is 5.59. The Morgan fingerprint density at radius 2 is 2.26 bits per heavy atom. The summed E-state index contributed by atoms with van der Waals surface area (Å²) < 4.78 is 6.82. The molecule has 3 nitrogen and oxygen atoms in total. The smallest absolute Gasteiger partial charge is 0.0622 e. The van der Waals surface area contributed by atoms with Crippen LogP contribution >= 0.6 is 11.3 Å². The number of rotatable bonds is 4. The van der Waals surface area contributed by atoms with Crippen molar-refractivity contribution in [1.82, 2.24) is 4.90 Å². The van der Waals surface area contributed by atoms with Gasteiger partial charge in [0, 0.05) is 35.3 Å². The summed E-state index contributed by atoms with van der Waals surface area (Å²) in [5.74, 6) is 0. The van der Waals surface area contributed by atoms with Crippen molar-refractivity contribution in [3.8, 4) is 0 Å². The molecule has 0 amide bonds. The van der Waals surface area contributed by atoms with Crippen molar-refractivity contribution in [3.63, 3.8) is 0 Å². The normalized spacial score (nSPS) is 19.6. The molecule has 1 saturated heterocycles. The van der Waals surface area contributed by atoms with E-state index in [2.05, 4.69) is 36.2 Å². The quantitative estimate of drug-likeness (QED) is 0.933. The van der Waals surface area contributed by atoms with Crippen LogP contribution < -0.4 is 5.73 Å². The molecule has 4 heteroatoms. The zero-order chi connectivity index (χ0) is 13.2. The van der Waals surface area contributed by atoms with E-state index < -0.39 is 0 Å². The minimum Gasteiger partial charge on any atom is -0.380 e. The molecule has 2 N–H and O–H groups in total. The van der Waals surface area contributed by atoms with Gasteiger partial charge in [0.05, 0.1) is 6.61 Å². The lowest BCUT2D eigenvalue weighted by molar-refractivity contribution is 0.156. The molecule has 102 valence electrons. The van der Waals surface area contributed by atoms with E-state index in [1.165, 1.54) is 20.5 Å². The van der Waals surface area contributed by atoms with Crippen molar-refractivity contribution < 1.29 is 4.74 Å². The maximum Gasteiger partial charge on any atom is 0.0622 e. The highest BCUT2D eigenvalue weighted by Gasteiger charge is 2.22. The van der Waals surface area contributed by atoms with Crippen molar-refractivity contribution in [1.29, 1.82) is 0 Å². The maximum absolute atomic E-state index is 5.91. The predicted octanol–water partition coefficient (Wildman–Crippen LogP) is 2.58. The highest BCUT2D eigenvalue weighted by Crippen LogP contribution is 2.32. The van der Waals surface area contributed by atoms with Crippen molar-refractivity contribution in [2.45, 2.75) is 25.6 Å². The molecule has 19 heavy (non-hydrogen) atoms. The van der Waals surface area contributed by atoms with E-state index in [4.69, 9.17) is 10.5 Å². The Morgan fingerprint density at radius 3 is 3.00 bits per heavy atom. The summed E-state index contributed by atoms with van der Waals surface area (Å²) in [6.07, 6.45) is 1.14. The van der Waals surface area contributed by atoms with Gasteiger partial charge in [-0.15, -0.1) is 11.3 Å². The molecule has 2 heterocycles. The second-order valence-corrected chi connectivity index (χ2v) is 6.27. The number of hydrogen-bond acceptors (Lipinski definition) is 4. The topological polar surface area (TPSA) is 38.5 Å². The molecular formula is C15H20N2OS. The molecular weight excluding hydrogens is 256 g/mol. The number of nitrogens with zero attached hydrogens (tertiary/aromatic N) is 1. The Labute approximate surface area is 118 Å². The van der Waals surface area contributed by atoms with Crippen LogP contribution in [-0.4, -0.2) is 31.2 Å². The first-order valence-corrected chi connectivity index (χ1v) is 7.58. The van der Waals surface area contributed by atoms with Crippen molar-refractivity contribution in [3.05, 3.63) is 34.7 Å². The summed E-state index contributed by atoms with van der Waals surface area (Å²) in [7, 11) is 2.19. The molecule has 1 aliphatic heterocycles. The van der Waals surface area contributed by atoms with Crippen molar-refractivity contribution in [2.75, 3.05) is 20.3 Å². The summed E-state index contributed by atoms with van der Waals surface area (Å²) in [6, 6.07) is 9.14. The number of ether oxygens (including phenoxy) is 1. The molecule has 0 bridgehead atoms. The van der Waals surface area contributed by atoms with Gasteiger partial charge in [0.2, 0.25) is 0 Å². The molecule has 1 aliphatic rings. The molecule has 0 saturated carbocycles. The minimum atomic E-state index is 0.546. The second-order valence-electron chi connectivity index (χ2n) is 5.14. The third kappa shape index (κ3) is 2.54. The van der Waals surface area contributed by atoms with Crippen LogP contribution in [-0.2, 0) is 17.8 Å². The van der Waals surface area contributed by atoms with Gasteiger partial charge in [0.15, 0.2) is 0 Å². The lowest BCUT2D eigenvalue weighted by Gasteiger charge is -2.23. The average molecular weight is 276 g/mol. The number of nitrogens with two attached hydrogens (primary N) is 1. The number of thiophene rings is 1. The maximum atomic E-state index is 5.91. The number of likely N-dealkylation sites (N-methyl/N-ethyl adjacent to an activating group) is 1. The first kappa shape index (κ1) is 13.1. The minimum absolute atomic E-state index is 0.546. The Kier molecular flexibility index (Phi) is 3.84. The lowest BCUT2D eigenvalue weighted by Crippen LogP contribution is -2.31. The van der Waals surface area contributed by atoms with Crippen LogP contribution in [0, 0.1) is 0 Å². The number of hydrogen-bond donors (Lipinski definition) is 1.